The highest BCUT2D eigenvalue weighted by atomic mass is 35.5. The van der Waals surface area contributed by atoms with Crippen LogP contribution < -0.4 is 5.32 Å². The Morgan fingerprint density at radius 1 is 1.65 bits per heavy atom. The molecule has 0 spiro atoms. The summed E-state index contributed by atoms with van der Waals surface area (Å²) in [6.07, 6.45) is 3.78. The molecule has 1 unspecified atom stereocenters. The molecule has 0 aromatic carbocycles. The minimum absolute atomic E-state index is 0.161. The fourth-order valence-corrected chi connectivity index (χ4v) is 2.43. The molecule has 2 N–H and O–H groups in total. The lowest BCUT2D eigenvalue weighted by Gasteiger charge is -2.20. The van der Waals surface area contributed by atoms with Gasteiger partial charge in [0.05, 0.1) is 16.9 Å². The first-order valence-electron chi connectivity index (χ1n) is 4.84. The summed E-state index contributed by atoms with van der Waals surface area (Å²) in [6, 6.07) is 1.74. The first kappa shape index (κ1) is 12.1. The third kappa shape index (κ3) is 3.04. The van der Waals surface area contributed by atoms with Gasteiger partial charge in [-0.1, -0.05) is 11.6 Å². The maximum Gasteiger partial charge on any atom is 0.412 e. The molecule has 5 nitrogen and oxygen atoms in total. The van der Waals surface area contributed by atoms with E-state index in [1.54, 1.807) is 30.1 Å². The minimum Gasteiger partial charge on any atom is -0.465 e. The Morgan fingerprint density at radius 3 is 3.18 bits per heavy atom. The van der Waals surface area contributed by atoms with Crippen molar-refractivity contribution in [2.24, 2.45) is 0 Å². The van der Waals surface area contributed by atoms with Crippen LogP contribution in [0.25, 0.3) is 0 Å². The van der Waals surface area contributed by atoms with E-state index in [-0.39, 0.29) is 5.37 Å². The molecule has 1 aliphatic rings. The average Bonchev–Trinajstić information content (AvgIpc) is 2.74. The van der Waals surface area contributed by atoms with Crippen LogP contribution in [0.4, 0.5) is 10.5 Å². The van der Waals surface area contributed by atoms with Gasteiger partial charge in [0.1, 0.15) is 5.37 Å². The number of pyridine rings is 1. The summed E-state index contributed by atoms with van der Waals surface area (Å²) in [5, 5.41) is 14.2. The largest absolute Gasteiger partial charge is 0.465 e. The number of halogens is 1. The number of amides is 1. The summed E-state index contributed by atoms with van der Waals surface area (Å²) in [5.74, 6) is 0. The summed E-state index contributed by atoms with van der Waals surface area (Å²) in [6.45, 7) is 0.492. The van der Waals surface area contributed by atoms with Gasteiger partial charge in [0.15, 0.2) is 0 Å². The van der Waals surface area contributed by atoms with E-state index in [1.165, 1.54) is 16.7 Å². The monoisotopic (exact) mass is 271 g/mol. The molecule has 1 aromatic rings. The summed E-state index contributed by atoms with van der Waals surface area (Å²) in [7, 11) is 0. The lowest BCUT2D eigenvalue weighted by atomic mass is 10.4. The smallest absolute Gasteiger partial charge is 0.412 e. The number of carboxylic acid groups (broad SMARTS) is 1. The molecule has 0 radical (unpaired) electrons. The van der Waals surface area contributed by atoms with Gasteiger partial charge in [-0.15, -0.1) is 11.8 Å². The molecule has 0 bridgehead atoms. The van der Waals surface area contributed by atoms with E-state index in [0.29, 0.717) is 11.6 Å². The predicted octanol–water partition coefficient (Wildman–Crippen LogP) is 2.67. The molecule has 90 valence electrons. The Morgan fingerprint density at radius 2 is 2.47 bits per heavy atom. The molecular weight excluding hydrogens is 262 g/mol. The summed E-state index contributed by atoms with van der Waals surface area (Å²) >= 11 is 7.25. The van der Waals surface area contributed by atoms with Crippen LogP contribution in [-0.4, -0.2) is 33.0 Å². The van der Waals surface area contributed by atoms with Crippen molar-refractivity contribution in [1.82, 2.24) is 9.88 Å². The van der Waals surface area contributed by atoms with Gasteiger partial charge >= 0.3 is 6.09 Å². The van der Waals surface area contributed by atoms with E-state index in [1.807, 2.05) is 0 Å². The number of rotatable bonds is 3. The highest BCUT2D eigenvalue weighted by molar-refractivity contribution is 8.02. The van der Waals surface area contributed by atoms with Crippen molar-refractivity contribution >= 4 is 35.1 Å². The third-order valence-electron chi connectivity index (χ3n) is 2.17. The number of anilines is 1. The van der Waals surface area contributed by atoms with Crippen molar-refractivity contribution in [1.29, 1.82) is 0 Å². The Bertz CT molecular complexity index is 455. The number of nitrogens with zero attached hydrogens (tertiary/aromatic N) is 2. The summed E-state index contributed by atoms with van der Waals surface area (Å²) in [4.78, 5) is 16.1. The zero-order chi connectivity index (χ0) is 12.3. The Balaban J connectivity index is 1.92. The van der Waals surface area contributed by atoms with E-state index in [4.69, 9.17) is 16.7 Å². The molecule has 0 saturated carbocycles. The lowest BCUT2D eigenvalue weighted by Crippen LogP contribution is -2.34. The highest BCUT2D eigenvalue weighted by Gasteiger charge is 2.24. The minimum atomic E-state index is -0.956. The predicted molar refractivity (Wildman–Crippen MR) is 68.1 cm³/mol. The molecular formula is C10H10ClN3O2S. The fraction of sp³-hybridized carbons (Fsp3) is 0.200. The molecule has 1 atom stereocenters. The van der Waals surface area contributed by atoms with Gasteiger partial charge in [0, 0.05) is 18.9 Å². The first-order valence-corrected chi connectivity index (χ1v) is 6.17. The molecule has 2 rings (SSSR count). The molecule has 0 saturated heterocycles. The van der Waals surface area contributed by atoms with Crippen molar-refractivity contribution in [3.05, 3.63) is 35.1 Å². The number of hydrogen-bond donors (Lipinski definition) is 2. The standard InChI is InChI=1S/C10H10ClN3O2S/c11-7-3-8(5-12-4-7)13-6-9-14(10(15)16)1-2-17-9/h1-5,9,13H,6H2,(H,15,16). The van der Waals surface area contributed by atoms with Crippen LogP contribution in [0.5, 0.6) is 0 Å². The third-order valence-corrected chi connectivity index (χ3v) is 3.37. The lowest BCUT2D eigenvalue weighted by molar-refractivity contribution is 0.162. The molecule has 7 heteroatoms. The van der Waals surface area contributed by atoms with Gasteiger partial charge in [0.25, 0.3) is 0 Å². The van der Waals surface area contributed by atoms with Crippen LogP contribution >= 0.6 is 23.4 Å². The molecule has 0 fully saturated rings. The fourth-order valence-electron chi connectivity index (χ4n) is 1.40. The van der Waals surface area contributed by atoms with Crippen molar-refractivity contribution in [2.45, 2.75) is 5.37 Å². The first-order chi connectivity index (χ1) is 8.16. The zero-order valence-electron chi connectivity index (χ0n) is 8.71. The molecule has 1 aliphatic heterocycles. The van der Waals surface area contributed by atoms with Gasteiger partial charge in [-0.3, -0.25) is 9.88 Å². The second-order valence-corrected chi connectivity index (χ2v) is 4.86. The summed E-state index contributed by atoms with van der Waals surface area (Å²) < 4.78 is 0. The molecule has 0 aliphatic carbocycles. The maximum atomic E-state index is 10.9. The second-order valence-electron chi connectivity index (χ2n) is 3.34. The molecule has 1 amide bonds. The maximum absolute atomic E-state index is 10.9. The van der Waals surface area contributed by atoms with Gasteiger partial charge in [-0.05, 0) is 11.5 Å². The average molecular weight is 272 g/mol. The van der Waals surface area contributed by atoms with Crippen LogP contribution in [0.1, 0.15) is 0 Å². The Hall–Kier alpha value is -1.40. The molecule has 17 heavy (non-hydrogen) atoms. The SMILES string of the molecule is O=C(O)N1C=CSC1CNc1cncc(Cl)c1. The second kappa shape index (κ2) is 5.29. The van der Waals surface area contributed by atoms with E-state index in [0.717, 1.165) is 5.69 Å². The zero-order valence-corrected chi connectivity index (χ0v) is 10.3. The van der Waals surface area contributed by atoms with Crippen molar-refractivity contribution in [3.8, 4) is 0 Å². The number of thioether (sulfide) groups is 1. The van der Waals surface area contributed by atoms with E-state index in [9.17, 15) is 4.79 Å². The highest BCUT2D eigenvalue weighted by Crippen LogP contribution is 2.25. The van der Waals surface area contributed by atoms with Crippen molar-refractivity contribution in [3.63, 3.8) is 0 Å². The van der Waals surface area contributed by atoms with Crippen LogP contribution in [0, 0.1) is 0 Å². The van der Waals surface area contributed by atoms with Gasteiger partial charge < -0.3 is 10.4 Å². The van der Waals surface area contributed by atoms with E-state index < -0.39 is 6.09 Å². The van der Waals surface area contributed by atoms with Crippen molar-refractivity contribution < 1.29 is 9.90 Å². The van der Waals surface area contributed by atoms with Crippen LogP contribution in [0.2, 0.25) is 5.02 Å². The number of hydrogen-bond acceptors (Lipinski definition) is 4. The molecule has 2 heterocycles. The topological polar surface area (TPSA) is 65.5 Å². The summed E-state index contributed by atoms with van der Waals surface area (Å²) in [5.41, 5.74) is 0.773. The number of nitrogens with one attached hydrogen (secondary N) is 1. The van der Waals surface area contributed by atoms with Crippen molar-refractivity contribution in [2.75, 3.05) is 11.9 Å². The Kier molecular flexibility index (Phi) is 3.75. The van der Waals surface area contributed by atoms with E-state index >= 15 is 0 Å². The van der Waals surface area contributed by atoms with Crippen LogP contribution in [-0.2, 0) is 0 Å². The number of aromatic nitrogens is 1. The van der Waals surface area contributed by atoms with Crippen LogP contribution in [0.3, 0.4) is 0 Å². The number of carbonyl (C=O) groups is 1. The van der Waals surface area contributed by atoms with E-state index in [2.05, 4.69) is 10.3 Å². The quantitative estimate of drug-likeness (QED) is 0.885. The molecule has 1 aromatic heterocycles. The van der Waals surface area contributed by atoms with Gasteiger partial charge in [-0.2, -0.15) is 0 Å². The van der Waals surface area contributed by atoms with Gasteiger partial charge in [0.2, 0.25) is 0 Å². The normalized spacial score (nSPS) is 18.4. The Labute approximate surface area is 107 Å². The van der Waals surface area contributed by atoms with Gasteiger partial charge in [-0.25, -0.2) is 4.79 Å². The van der Waals surface area contributed by atoms with Crippen LogP contribution in [0.15, 0.2) is 30.1 Å².